The fraction of sp³-hybridized carbons (Fsp3) is 0.500. The van der Waals surface area contributed by atoms with Gasteiger partial charge in [0.1, 0.15) is 0 Å². The first-order valence-electron chi connectivity index (χ1n) is 6.67. The van der Waals surface area contributed by atoms with Crippen LogP contribution in [0.5, 0.6) is 0 Å². The molecule has 0 amide bonds. The fourth-order valence-electron chi connectivity index (χ4n) is 1.43. The first-order chi connectivity index (χ1) is 9.21. The molecule has 0 fully saturated rings. The smallest absolute Gasteiger partial charge is 0.266 e. The average Bonchev–Trinajstić information content (AvgIpc) is 2.33. The van der Waals surface area contributed by atoms with Crippen molar-refractivity contribution in [2.45, 2.75) is 45.4 Å². The van der Waals surface area contributed by atoms with Crippen LogP contribution in [0, 0.1) is 24.2 Å². The van der Waals surface area contributed by atoms with E-state index in [0.717, 1.165) is 5.56 Å². The number of hydrogen-bond donors (Lipinski definition) is 0. The van der Waals surface area contributed by atoms with E-state index in [2.05, 4.69) is 11.8 Å². The van der Waals surface area contributed by atoms with Crippen LogP contribution in [0.1, 0.15) is 39.2 Å². The Morgan fingerprint density at radius 3 is 2.30 bits per heavy atom. The van der Waals surface area contributed by atoms with E-state index in [0.29, 0.717) is 12.8 Å². The molecule has 0 bridgehead atoms. The molecule has 0 spiro atoms. The molecule has 0 heterocycles. The molecule has 0 aliphatic rings. The monoisotopic (exact) mass is 294 g/mol. The molecule has 0 aliphatic heterocycles. The van der Waals surface area contributed by atoms with Crippen LogP contribution in [-0.2, 0) is 14.3 Å². The lowest BCUT2D eigenvalue weighted by atomic mass is 9.98. The molecule has 4 heteroatoms. The minimum atomic E-state index is -3.64. The molecule has 0 saturated heterocycles. The summed E-state index contributed by atoms with van der Waals surface area (Å²) in [6, 6.07) is 6.63. The van der Waals surface area contributed by atoms with E-state index < -0.39 is 10.1 Å². The summed E-state index contributed by atoms with van der Waals surface area (Å²) in [5, 5.41) is 0. The number of aryl methyl sites for hydroxylation is 1. The molecule has 20 heavy (non-hydrogen) atoms. The number of rotatable bonds is 5. The minimum Gasteiger partial charge on any atom is -0.266 e. The average molecular weight is 294 g/mol. The maximum absolute atomic E-state index is 11.9. The molecule has 110 valence electrons. The first kappa shape index (κ1) is 16.7. The summed E-state index contributed by atoms with van der Waals surface area (Å²) in [5.74, 6) is 6.14. The molecule has 1 rings (SSSR count). The van der Waals surface area contributed by atoms with Crippen LogP contribution in [0.15, 0.2) is 29.2 Å². The van der Waals surface area contributed by atoms with Gasteiger partial charge in [-0.1, -0.05) is 23.6 Å². The van der Waals surface area contributed by atoms with Crippen LogP contribution in [0.4, 0.5) is 0 Å². The maximum atomic E-state index is 11.9. The highest BCUT2D eigenvalue weighted by Crippen LogP contribution is 2.14. The van der Waals surface area contributed by atoms with Crippen molar-refractivity contribution in [1.29, 1.82) is 0 Å². The van der Waals surface area contributed by atoms with Crippen LogP contribution in [0.2, 0.25) is 0 Å². The molecule has 0 aromatic heterocycles. The second kappa shape index (κ2) is 6.92. The van der Waals surface area contributed by atoms with Gasteiger partial charge >= 0.3 is 0 Å². The molecular formula is C16H22O3S. The minimum absolute atomic E-state index is 0.0190. The van der Waals surface area contributed by atoms with Crippen molar-refractivity contribution in [3.63, 3.8) is 0 Å². The van der Waals surface area contributed by atoms with Gasteiger partial charge in [0.15, 0.2) is 0 Å². The molecule has 0 radical (unpaired) electrons. The molecule has 0 N–H and O–H groups in total. The quantitative estimate of drug-likeness (QED) is 0.474. The van der Waals surface area contributed by atoms with Gasteiger partial charge in [-0.2, -0.15) is 8.42 Å². The van der Waals surface area contributed by atoms with Crippen molar-refractivity contribution in [3.8, 4) is 11.8 Å². The Bertz CT molecular complexity index is 581. The van der Waals surface area contributed by atoms with Crippen molar-refractivity contribution in [1.82, 2.24) is 0 Å². The van der Waals surface area contributed by atoms with Crippen molar-refractivity contribution in [3.05, 3.63) is 29.8 Å². The standard InChI is InChI=1S/C16H22O3S/c1-14-8-10-15(11-9-14)20(17,18)19-13-7-5-6-12-16(2,3)4/h8-11H,5,7,13H2,1-4H3. The lowest BCUT2D eigenvalue weighted by molar-refractivity contribution is 0.314. The lowest BCUT2D eigenvalue weighted by Crippen LogP contribution is -2.07. The van der Waals surface area contributed by atoms with Gasteiger partial charge in [-0.05, 0) is 46.2 Å². The predicted molar refractivity (Wildman–Crippen MR) is 80.8 cm³/mol. The highest BCUT2D eigenvalue weighted by molar-refractivity contribution is 7.86. The van der Waals surface area contributed by atoms with Crippen molar-refractivity contribution in [2.24, 2.45) is 5.41 Å². The maximum Gasteiger partial charge on any atom is 0.296 e. The topological polar surface area (TPSA) is 43.4 Å². The predicted octanol–water partition coefficient (Wildman–Crippen LogP) is 3.53. The number of hydrogen-bond acceptors (Lipinski definition) is 3. The van der Waals surface area contributed by atoms with E-state index in [9.17, 15) is 8.42 Å². The molecule has 3 nitrogen and oxygen atoms in total. The Morgan fingerprint density at radius 1 is 1.15 bits per heavy atom. The van der Waals surface area contributed by atoms with Gasteiger partial charge in [0.25, 0.3) is 10.1 Å². The third-order valence-corrected chi connectivity index (χ3v) is 3.78. The summed E-state index contributed by atoms with van der Waals surface area (Å²) in [7, 11) is -3.64. The third-order valence-electron chi connectivity index (χ3n) is 2.46. The lowest BCUT2D eigenvalue weighted by Gasteiger charge is -2.07. The second-order valence-electron chi connectivity index (χ2n) is 5.74. The third kappa shape index (κ3) is 6.23. The molecule has 0 unspecified atom stereocenters. The van der Waals surface area contributed by atoms with Gasteiger partial charge in [-0.25, -0.2) is 0 Å². The van der Waals surface area contributed by atoms with Gasteiger partial charge in [0.2, 0.25) is 0 Å². The van der Waals surface area contributed by atoms with Crippen molar-refractivity contribution >= 4 is 10.1 Å². The number of benzene rings is 1. The fourth-order valence-corrected chi connectivity index (χ4v) is 2.37. The summed E-state index contributed by atoms with van der Waals surface area (Å²) in [6.07, 6.45) is 1.24. The van der Waals surface area contributed by atoms with E-state index in [1.165, 1.54) is 0 Å². The normalized spacial score (nSPS) is 11.8. The van der Waals surface area contributed by atoms with Gasteiger partial charge in [0.05, 0.1) is 11.5 Å². The van der Waals surface area contributed by atoms with E-state index in [1.54, 1.807) is 24.3 Å². The van der Waals surface area contributed by atoms with Crippen molar-refractivity contribution in [2.75, 3.05) is 6.61 Å². The second-order valence-corrected chi connectivity index (χ2v) is 7.36. The van der Waals surface area contributed by atoms with Gasteiger partial charge in [0, 0.05) is 11.8 Å². The van der Waals surface area contributed by atoms with E-state index in [1.807, 2.05) is 27.7 Å². The summed E-state index contributed by atoms with van der Waals surface area (Å²) in [5.41, 5.74) is 0.996. The van der Waals surface area contributed by atoms with Crippen LogP contribution in [-0.4, -0.2) is 15.0 Å². The highest BCUT2D eigenvalue weighted by Gasteiger charge is 2.14. The van der Waals surface area contributed by atoms with Gasteiger partial charge in [-0.3, -0.25) is 4.18 Å². The first-order valence-corrected chi connectivity index (χ1v) is 8.08. The Balaban J connectivity index is 2.45. The Kier molecular flexibility index (Phi) is 5.79. The molecule has 0 atom stereocenters. The molecular weight excluding hydrogens is 272 g/mol. The Labute approximate surface area is 122 Å². The Morgan fingerprint density at radius 2 is 1.75 bits per heavy atom. The molecule has 1 aromatic rings. The summed E-state index contributed by atoms with van der Waals surface area (Å²) >= 11 is 0. The van der Waals surface area contributed by atoms with E-state index in [4.69, 9.17) is 4.18 Å². The largest absolute Gasteiger partial charge is 0.296 e. The van der Waals surface area contributed by atoms with Crippen LogP contribution in [0.25, 0.3) is 0 Å². The number of unbranched alkanes of at least 4 members (excludes halogenated alkanes) is 1. The SMILES string of the molecule is Cc1ccc(S(=O)(=O)OCCCC#CC(C)(C)C)cc1. The molecule has 1 aromatic carbocycles. The summed E-state index contributed by atoms with van der Waals surface area (Å²) < 4.78 is 28.7. The van der Waals surface area contributed by atoms with Gasteiger partial charge < -0.3 is 0 Å². The zero-order valence-corrected chi connectivity index (χ0v) is 13.4. The molecule has 0 saturated carbocycles. The highest BCUT2D eigenvalue weighted by atomic mass is 32.2. The van der Waals surface area contributed by atoms with E-state index in [-0.39, 0.29) is 16.9 Å². The van der Waals surface area contributed by atoms with Crippen LogP contribution >= 0.6 is 0 Å². The van der Waals surface area contributed by atoms with Crippen LogP contribution < -0.4 is 0 Å². The summed E-state index contributed by atoms with van der Waals surface area (Å²) in [6.45, 7) is 8.19. The van der Waals surface area contributed by atoms with Crippen molar-refractivity contribution < 1.29 is 12.6 Å². The zero-order chi connectivity index (χ0) is 15.2. The Hall–Kier alpha value is -1.31. The van der Waals surface area contributed by atoms with Crippen LogP contribution in [0.3, 0.4) is 0 Å². The van der Waals surface area contributed by atoms with E-state index >= 15 is 0 Å². The van der Waals surface area contributed by atoms with Gasteiger partial charge in [-0.15, -0.1) is 5.92 Å². The summed E-state index contributed by atoms with van der Waals surface area (Å²) in [4.78, 5) is 0.198. The molecule has 0 aliphatic carbocycles. The zero-order valence-electron chi connectivity index (χ0n) is 12.6.